The number of hydrogen-bond acceptors (Lipinski definition) is 4. The van der Waals surface area contributed by atoms with Gasteiger partial charge in [0.2, 0.25) is 5.91 Å². The van der Waals surface area contributed by atoms with Gasteiger partial charge in [-0.1, -0.05) is 13.8 Å². The third-order valence-electron chi connectivity index (χ3n) is 2.67. The lowest BCUT2D eigenvalue weighted by Gasteiger charge is -2.13. The maximum absolute atomic E-state index is 13.6. The largest absolute Gasteiger partial charge is 0.318 e. The van der Waals surface area contributed by atoms with Crippen molar-refractivity contribution >= 4 is 17.3 Å². The Morgan fingerprint density at radius 2 is 2.10 bits per heavy atom. The van der Waals surface area contributed by atoms with E-state index in [1.807, 2.05) is 6.92 Å². The molecule has 8 heteroatoms. The Bertz CT molecular complexity index is 523. The predicted octanol–water partition coefficient (Wildman–Crippen LogP) is 2.06. The summed E-state index contributed by atoms with van der Waals surface area (Å²) >= 11 is 0. The molecule has 1 aromatic carbocycles. The molecule has 0 saturated carbocycles. The number of rotatable bonds is 6. The van der Waals surface area contributed by atoms with Crippen molar-refractivity contribution in [2.45, 2.75) is 13.8 Å². The van der Waals surface area contributed by atoms with Crippen molar-refractivity contribution in [1.82, 2.24) is 5.32 Å². The Hall–Kier alpha value is -2.09. The molecule has 0 aliphatic rings. The van der Waals surface area contributed by atoms with Gasteiger partial charge >= 0.3 is 0 Å². The summed E-state index contributed by atoms with van der Waals surface area (Å²) in [7, 11) is 0. The van der Waals surface area contributed by atoms with E-state index in [0.29, 0.717) is 19.2 Å². The molecule has 110 valence electrons. The summed E-state index contributed by atoms with van der Waals surface area (Å²) in [5.41, 5.74) is -1.43. The van der Waals surface area contributed by atoms with Gasteiger partial charge in [0.15, 0.2) is 17.3 Å². The molecule has 1 amide bonds. The smallest absolute Gasteiger partial charge is 0.296 e. The lowest BCUT2D eigenvalue weighted by Crippen LogP contribution is -2.30. The lowest BCUT2D eigenvalue weighted by molar-refractivity contribution is -0.384. The van der Waals surface area contributed by atoms with Crippen LogP contribution in [0.15, 0.2) is 12.1 Å². The molecule has 0 fully saturated rings. The van der Waals surface area contributed by atoms with E-state index in [2.05, 4.69) is 10.6 Å². The highest BCUT2D eigenvalue weighted by Gasteiger charge is 2.24. The average molecular weight is 287 g/mol. The van der Waals surface area contributed by atoms with E-state index >= 15 is 0 Å². The molecular formula is C12H15F2N3O3. The first kappa shape index (κ1) is 16.0. The number of nitro groups is 1. The fraction of sp³-hybridized carbons (Fsp3) is 0.417. The number of carbonyl (C=O) groups is 1. The number of nitrogens with zero attached hydrogens (tertiary/aromatic N) is 1. The second-order valence-electron chi connectivity index (χ2n) is 4.21. The highest BCUT2D eigenvalue weighted by Crippen LogP contribution is 2.29. The van der Waals surface area contributed by atoms with Crippen LogP contribution in [0.1, 0.15) is 13.8 Å². The molecule has 0 aliphatic heterocycles. The number of anilines is 1. The molecule has 20 heavy (non-hydrogen) atoms. The zero-order chi connectivity index (χ0) is 15.3. The van der Waals surface area contributed by atoms with Crippen LogP contribution < -0.4 is 10.6 Å². The maximum Gasteiger partial charge on any atom is 0.296 e. The maximum atomic E-state index is 13.6. The van der Waals surface area contributed by atoms with E-state index in [1.54, 1.807) is 6.92 Å². The van der Waals surface area contributed by atoms with Crippen LogP contribution in [0.3, 0.4) is 0 Å². The Kier molecular flexibility index (Phi) is 5.51. The van der Waals surface area contributed by atoms with Crippen LogP contribution in [-0.2, 0) is 4.79 Å². The molecule has 0 radical (unpaired) electrons. The molecule has 1 aromatic rings. The quantitative estimate of drug-likeness (QED) is 0.619. The van der Waals surface area contributed by atoms with Crippen LogP contribution in [-0.4, -0.2) is 23.9 Å². The minimum absolute atomic E-state index is 0.326. The van der Waals surface area contributed by atoms with Crippen molar-refractivity contribution in [2.75, 3.05) is 18.4 Å². The third-order valence-corrected chi connectivity index (χ3v) is 2.67. The summed E-state index contributed by atoms with van der Waals surface area (Å²) in [6.07, 6.45) is 0. The summed E-state index contributed by atoms with van der Waals surface area (Å²) in [5.74, 6) is -3.87. The first-order valence-corrected chi connectivity index (χ1v) is 6.02. The summed E-state index contributed by atoms with van der Waals surface area (Å²) in [6, 6.07) is 1.45. The Morgan fingerprint density at radius 3 is 2.65 bits per heavy atom. The Morgan fingerprint density at radius 1 is 1.45 bits per heavy atom. The number of halogens is 2. The Balaban J connectivity index is 2.99. The van der Waals surface area contributed by atoms with Gasteiger partial charge in [-0.25, -0.2) is 8.78 Å². The summed E-state index contributed by atoms with van der Waals surface area (Å²) < 4.78 is 26.7. The molecule has 1 unspecified atom stereocenters. The fourth-order valence-corrected chi connectivity index (χ4v) is 1.51. The first-order chi connectivity index (χ1) is 9.38. The van der Waals surface area contributed by atoms with Crippen molar-refractivity contribution in [3.63, 3.8) is 0 Å². The molecule has 1 rings (SSSR count). The Labute approximate surface area is 114 Å². The standard InChI is InChI=1S/C12H15F2N3O3/c1-3-15-6-7(2)12(18)16-11-9(17(19)20)5-4-8(13)10(11)14/h4-5,7,15H,3,6H2,1-2H3,(H,16,18). The molecule has 0 spiro atoms. The SMILES string of the molecule is CCNCC(C)C(=O)Nc1c([N+](=O)[O-])ccc(F)c1F. The number of benzene rings is 1. The van der Waals surface area contributed by atoms with Crippen molar-refractivity contribution in [3.05, 3.63) is 33.9 Å². The summed E-state index contributed by atoms with van der Waals surface area (Å²) in [6.45, 7) is 4.39. The van der Waals surface area contributed by atoms with Crippen molar-refractivity contribution in [2.24, 2.45) is 5.92 Å². The molecular weight excluding hydrogens is 272 g/mol. The van der Waals surface area contributed by atoms with E-state index < -0.39 is 39.8 Å². The average Bonchev–Trinajstić information content (AvgIpc) is 2.40. The zero-order valence-corrected chi connectivity index (χ0v) is 11.1. The van der Waals surface area contributed by atoms with E-state index in [9.17, 15) is 23.7 Å². The van der Waals surface area contributed by atoms with Crippen LogP contribution in [0.4, 0.5) is 20.2 Å². The van der Waals surface area contributed by atoms with Gasteiger partial charge in [0, 0.05) is 18.5 Å². The molecule has 2 N–H and O–H groups in total. The summed E-state index contributed by atoms with van der Waals surface area (Å²) in [5, 5.41) is 15.8. The van der Waals surface area contributed by atoms with Gasteiger partial charge in [0.25, 0.3) is 5.69 Å². The van der Waals surface area contributed by atoms with E-state index in [-0.39, 0.29) is 0 Å². The van der Waals surface area contributed by atoms with Gasteiger partial charge in [-0.2, -0.15) is 0 Å². The normalized spacial score (nSPS) is 12.0. The molecule has 0 bridgehead atoms. The van der Waals surface area contributed by atoms with Gasteiger partial charge in [-0.15, -0.1) is 0 Å². The van der Waals surface area contributed by atoms with Crippen molar-refractivity contribution in [3.8, 4) is 0 Å². The van der Waals surface area contributed by atoms with Crippen LogP contribution >= 0.6 is 0 Å². The van der Waals surface area contributed by atoms with Gasteiger partial charge < -0.3 is 10.6 Å². The van der Waals surface area contributed by atoms with Crippen LogP contribution in [0, 0.1) is 27.7 Å². The van der Waals surface area contributed by atoms with Gasteiger partial charge in [0.1, 0.15) is 0 Å². The number of nitro benzene ring substituents is 1. The van der Waals surface area contributed by atoms with Crippen molar-refractivity contribution in [1.29, 1.82) is 0 Å². The van der Waals surface area contributed by atoms with E-state index in [1.165, 1.54) is 0 Å². The summed E-state index contributed by atoms with van der Waals surface area (Å²) in [4.78, 5) is 21.7. The number of amides is 1. The molecule has 0 saturated heterocycles. The van der Waals surface area contributed by atoms with Crippen LogP contribution in [0.2, 0.25) is 0 Å². The molecule has 6 nitrogen and oxygen atoms in total. The molecule has 0 aromatic heterocycles. The first-order valence-electron chi connectivity index (χ1n) is 6.02. The lowest BCUT2D eigenvalue weighted by atomic mass is 10.1. The zero-order valence-electron chi connectivity index (χ0n) is 11.1. The van der Waals surface area contributed by atoms with Crippen LogP contribution in [0.5, 0.6) is 0 Å². The monoisotopic (exact) mass is 287 g/mol. The minimum atomic E-state index is -1.44. The van der Waals surface area contributed by atoms with E-state index in [0.717, 1.165) is 6.07 Å². The number of carbonyl (C=O) groups excluding carboxylic acids is 1. The number of hydrogen-bond donors (Lipinski definition) is 2. The van der Waals surface area contributed by atoms with E-state index in [4.69, 9.17) is 0 Å². The second kappa shape index (κ2) is 6.90. The predicted molar refractivity (Wildman–Crippen MR) is 69.3 cm³/mol. The third kappa shape index (κ3) is 3.70. The molecule has 1 atom stereocenters. The topological polar surface area (TPSA) is 84.3 Å². The highest BCUT2D eigenvalue weighted by atomic mass is 19.2. The number of nitrogens with one attached hydrogen (secondary N) is 2. The minimum Gasteiger partial charge on any atom is -0.318 e. The molecule has 0 heterocycles. The van der Waals surface area contributed by atoms with Gasteiger partial charge in [0.05, 0.1) is 4.92 Å². The van der Waals surface area contributed by atoms with Gasteiger partial charge in [-0.3, -0.25) is 14.9 Å². The van der Waals surface area contributed by atoms with Crippen molar-refractivity contribution < 1.29 is 18.5 Å². The second-order valence-corrected chi connectivity index (χ2v) is 4.21. The fourth-order valence-electron chi connectivity index (χ4n) is 1.51. The highest BCUT2D eigenvalue weighted by molar-refractivity contribution is 5.94. The molecule has 0 aliphatic carbocycles. The van der Waals surface area contributed by atoms with Gasteiger partial charge in [-0.05, 0) is 12.6 Å². The van der Waals surface area contributed by atoms with Crippen LogP contribution in [0.25, 0.3) is 0 Å².